The highest BCUT2D eigenvalue weighted by atomic mass is 16.2. The zero-order chi connectivity index (χ0) is 12.0. The van der Waals surface area contributed by atoms with Crippen LogP contribution in [-0.2, 0) is 4.79 Å². The van der Waals surface area contributed by atoms with Crippen molar-refractivity contribution >= 4 is 5.91 Å². The molecular formula is C13H24N2O. The summed E-state index contributed by atoms with van der Waals surface area (Å²) in [5, 5.41) is 2.91. The molecule has 0 unspecified atom stereocenters. The molecule has 3 N–H and O–H groups in total. The molecule has 0 saturated heterocycles. The van der Waals surface area contributed by atoms with Gasteiger partial charge in [-0.05, 0) is 38.0 Å². The third kappa shape index (κ3) is 4.79. The van der Waals surface area contributed by atoms with Gasteiger partial charge in [0.05, 0.1) is 6.04 Å². The number of allylic oxidation sites excluding steroid dienone is 1. The first-order chi connectivity index (χ1) is 7.59. The average molecular weight is 224 g/mol. The Hall–Kier alpha value is -0.830. The van der Waals surface area contributed by atoms with Crippen LogP contribution in [0.1, 0.15) is 46.0 Å². The van der Waals surface area contributed by atoms with Gasteiger partial charge in [-0.25, -0.2) is 0 Å². The van der Waals surface area contributed by atoms with E-state index in [1.165, 1.54) is 24.8 Å². The third-order valence-electron chi connectivity index (χ3n) is 2.94. The van der Waals surface area contributed by atoms with Gasteiger partial charge in [0.15, 0.2) is 0 Å². The molecule has 0 fully saturated rings. The molecule has 0 saturated carbocycles. The lowest BCUT2D eigenvalue weighted by atomic mass is 10.0. The molecule has 1 rings (SSSR count). The summed E-state index contributed by atoms with van der Waals surface area (Å²) >= 11 is 0. The van der Waals surface area contributed by atoms with E-state index in [4.69, 9.17) is 5.73 Å². The van der Waals surface area contributed by atoms with Crippen LogP contribution in [0.2, 0.25) is 0 Å². The zero-order valence-corrected chi connectivity index (χ0v) is 10.5. The molecule has 0 heterocycles. The highest BCUT2D eigenvalue weighted by Gasteiger charge is 2.14. The smallest absolute Gasteiger partial charge is 0.236 e. The number of hydrogen-bond acceptors (Lipinski definition) is 2. The predicted molar refractivity (Wildman–Crippen MR) is 67.0 cm³/mol. The molecule has 0 aromatic heterocycles. The van der Waals surface area contributed by atoms with Crippen LogP contribution in [0.15, 0.2) is 11.6 Å². The molecular weight excluding hydrogens is 200 g/mol. The molecule has 1 amide bonds. The predicted octanol–water partition coefficient (Wildman–Crippen LogP) is 1.98. The Labute approximate surface area is 98.5 Å². The minimum absolute atomic E-state index is 0.00713. The molecule has 0 bridgehead atoms. The fraction of sp³-hybridized carbons (Fsp3) is 0.769. The second kappa shape index (κ2) is 6.69. The summed E-state index contributed by atoms with van der Waals surface area (Å²) in [5.41, 5.74) is 7.27. The topological polar surface area (TPSA) is 55.1 Å². The lowest BCUT2D eigenvalue weighted by Gasteiger charge is -2.14. The first kappa shape index (κ1) is 13.2. The number of carbonyl (C=O) groups is 1. The van der Waals surface area contributed by atoms with Crippen molar-refractivity contribution in [3.63, 3.8) is 0 Å². The van der Waals surface area contributed by atoms with Crippen LogP contribution in [-0.4, -0.2) is 18.5 Å². The van der Waals surface area contributed by atoms with E-state index in [1.54, 1.807) is 0 Å². The number of rotatable bonds is 6. The van der Waals surface area contributed by atoms with Gasteiger partial charge in [0.25, 0.3) is 0 Å². The highest BCUT2D eigenvalue weighted by Crippen LogP contribution is 2.19. The van der Waals surface area contributed by atoms with Gasteiger partial charge in [0, 0.05) is 6.54 Å². The summed E-state index contributed by atoms with van der Waals surface area (Å²) in [6, 6.07) is -0.349. The number of nitrogens with two attached hydrogens (primary N) is 1. The Morgan fingerprint density at radius 1 is 1.56 bits per heavy atom. The fourth-order valence-corrected chi connectivity index (χ4v) is 2.06. The van der Waals surface area contributed by atoms with Crippen molar-refractivity contribution in [2.45, 2.75) is 52.0 Å². The van der Waals surface area contributed by atoms with Gasteiger partial charge in [-0.2, -0.15) is 0 Å². The van der Waals surface area contributed by atoms with Gasteiger partial charge in [-0.15, -0.1) is 0 Å². The van der Waals surface area contributed by atoms with Crippen LogP contribution < -0.4 is 11.1 Å². The van der Waals surface area contributed by atoms with Crippen molar-refractivity contribution in [2.75, 3.05) is 6.54 Å². The summed E-state index contributed by atoms with van der Waals surface area (Å²) in [7, 11) is 0. The molecule has 1 atom stereocenters. The van der Waals surface area contributed by atoms with Gasteiger partial charge in [-0.1, -0.05) is 25.5 Å². The number of carbonyl (C=O) groups excluding carboxylic acids is 1. The van der Waals surface area contributed by atoms with Crippen molar-refractivity contribution in [3.8, 4) is 0 Å². The molecule has 0 aromatic rings. The minimum Gasteiger partial charge on any atom is -0.354 e. The van der Waals surface area contributed by atoms with Gasteiger partial charge in [-0.3, -0.25) is 4.79 Å². The summed E-state index contributed by atoms with van der Waals surface area (Å²) in [6.07, 6.45) is 7.72. The SMILES string of the molecule is CC(C)C[C@H](N)C(=O)NCCC1=CCCC1. The van der Waals surface area contributed by atoms with Gasteiger partial charge < -0.3 is 11.1 Å². The van der Waals surface area contributed by atoms with E-state index in [-0.39, 0.29) is 11.9 Å². The maximum Gasteiger partial charge on any atom is 0.236 e. The lowest BCUT2D eigenvalue weighted by Crippen LogP contribution is -2.41. The number of hydrogen-bond donors (Lipinski definition) is 2. The quantitative estimate of drug-likeness (QED) is 0.678. The van der Waals surface area contributed by atoms with Crippen molar-refractivity contribution in [3.05, 3.63) is 11.6 Å². The van der Waals surface area contributed by atoms with Crippen LogP contribution in [0.3, 0.4) is 0 Å². The molecule has 3 nitrogen and oxygen atoms in total. The van der Waals surface area contributed by atoms with Crippen LogP contribution in [0.25, 0.3) is 0 Å². The monoisotopic (exact) mass is 224 g/mol. The molecule has 0 radical (unpaired) electrons. The van der Waals surface area contributed by atoms with Crippen molar-refractivity contribution in [1.82, 2.24) is 5.32 Å². The van der Waals surface area contributed by atoms with Crippen LogP contribution in [0.5, 0.6) is 0 Å². The Bertz CT molecular complexity index is 259. The molecule has 0 aliphatic heterocycles. The first-order valence-corrected chi connectivity index (χ1v) is 6.30. The van der Waals surface area contributed by atoms with Crippen LogP contribution >= 0.6 is 0 Å². The second-order valence-corrected chi connectivity index (χ2v) is 5.03. The van der Waals surface area contributed by atoms with Crippen molar-refractivity contribution < 1.29 is 4.79 Å². The molecule has 92 valence electrons. The number of nitrogens with one attached hydrogen (secondary N) is 1. The Morgan fingerprint density at radius 2 is 2.31 bits per heavy atom. The standard InChI is InChI=1S/C13H24N2O/c1-10(2)9-12(14)13(16)15-8-7-11-5-3-4-6-11/h5,10,12H,3-4,6-9,14H2,1-2H3,(H,15,16)/t12-/m0/s1. The summed E-state index contributed by atoms with van der Waals surface area (Å²) < 4.78 is 0. The first-order valence-electron chi connectivity index (χ1n) is 6.30. The molecule has 1 aliphatic rings. The van der Waals surface area contributed by atoms with E-state index >= 15 is 0 Å². The Kier molecular flexibility index (Phi) is 5.53. The zero-order valence-electron chi connectivity index (χ0n) is 10.5. The third-order valence-corrected chi connectivity index (χ3v) is 2.94. The number of amides is 1. The van der Waals surface area contributed by atoms with Crippen molar-refractivity contribution in [1.29, 1.82) is 0 Å². The van der Waals surface area contributed by atoms with E-state index in [2.05, 4.69) is 25.2 Å². The van der Waals surface area contributed by atoms with Crippen LogP contribution in [0.4, 0.5) is 0 Å². The van der Waals surface area contributed by atoms with Gasteiger partial charge in [0.2, 0.25) is 5.91 Å². The summed E-state index contributed by atoms with van der Waals surface area (Å²) in [5.74, 6) is 0.464. The maximum atomic E-state index is 11.6. The average Bonchev–Trinajstić information content (AvgIpc) is 2.69. The van der Waals surface area contributed by atoms with Gasteiger partial charge in [0.1, 0.15) is 0 Å². The largest absolute Gasteiger partial charge is 0.354 e. The Morgan fingerprint density at radius 3 is 2.88 bits per heavy atom. The van der Waals surface area contributed by atoms with E-state index < -0.39 is 0 Å². The summed E-state index contributed by atoms with van der Waals surface area (Å²) in [4.78, 5) is 11.6. The Balaban J connectivity index is 2.14. The normalized spacial score (nSPS) is 17.4. The second-order valence-electron chi connectivity index (χ2n) is 5.03. The molecule has 0 spiro atoms. The van der Waals surface area contributed by atoms with E-state index in [1.807, 2.05) is 0 Å². The fourth-order valence-electron chi connectivity index (χ4n) is 2.06. The molecule has 0 aromatic carbocycles. The summed E-state index contributed by atoms with van der Waals surface area (Å²) in [6.45, 7) is 4.89. The van der Waals surface area contributed by atoms with E-state index in [9.17, 15) is 4.79 Å². The highest BCUT2D eigenvalue weighted by molar-refractivity contribution is 5.81. The molecule has 3 heteroatoms. The van der Waals surface area contributed by atoms with Crippen LogP contribution in [0, 0.1) is 5.92 Å². The van der Waals surface area contributed by atoms with E-state index in [0.29, 0.717) is 5.92 Å². The molecule has 16 heavy (non-hydrogen) atoms. The lowest BCUT2D eigenvalue weighted by molar-refractivity contribution is -0.122. The van der Waals surface area contributed by atoms with Gasteiger partial charge >= 0.3 is 0 Å². The van der Waals surface area contributed by atoms with E-state index in [0.717, 1.165) is 19.4 Å². The minimum atomic E-state index is -0.349. The van der Waals surface area contributed by atoms with Crippen molar-refractivity contribution in [2.24, 2.45) is 11.7 Å². The molecule has 1 aliphatic carbocycles. The maximum absolute atomic E-state index is 11.6.